The number of carbonyl (C=O) groups excluding carboxylic acids is 1. The predicted molar refractivity (Wildman–Crippen MR) is 127 cm³/mol. The molecule has 1 saturated heterocycles. The van der Waals surface area contributed by atoms with E-state index in [1.165, 1.54) is 30.6 Å². The molecule has 3 aromatic rings. The molecule has 1 atom stereocenters. The maximum Gasteiger partial charge on any atom is 0.229 e. The van der Waals surface area contributed by atoms with E-state index in [4.69, 9.17) is 9.47 Å². The van der Waals surface area contributed by atoms with Crippen LogP contribution in [0.2, 0.25) is 0 Å². The maximum atomic E-state index is 14.4. The number of sulfone groups is 1. The molecule has 36 heavy (non-hydrogen) atoms. The van der Waals surface area contributed by atoms with Gasteiger partial charge in [-0.3, -0.25) is 4.90 Å². The smallest absolute Gasteiger partial charge is 0.229 e. The Balaban J connectivity index is 1.41. The van der Waals surface area contributed by atoms with Crippen molar-refractivity contribution in [2.45, 2.75) is 36.8 Å². The van der Waals surface area contributed by atoms with E-state index >= 15 is 0 Å². The summed E-state index contributed by atoms with van der Waals surface area (Å²) in [5, 5.41) is 0. The lowest BCUT2D eigenvalue weighted by Gasteiger charge is -2.35. The van der Waals surface area contributed by atoms with Crippen LogP contribution in [0, 0.1) is 18.6 Å². The monoisotopic (exact) mass is 517 g/mol. The quantitative estimate of drug-likeness (QED) is 0.413. The SMILES string of the molecule is Cc1c(Oc2ccc(S(C)(=O)=O)cc2F)ncnc1OC1CCN(C(C=O)c2ccc(F)cc2)CC1. The minimum atomic E-state index is -3.55. The van der Waals surface area contributed by atoms with Crippen molar-refractivity contribution in [3.8, 4) is 17.5 Å². The van der Waals surface area contributed by atoms with Crippen LogP contribution in [0.1, 0.15) is 30.0 Å². The number of piperidine rings is 1. The second-order valence-electron chi connectivity index (χ2n) is 8.56. The van der Waals surface area contributed by atoms with Crippen LogP contribution in [0.4, 0.5) is 8.78 Å². The van der Waals surface area contributed by atoms with E-state index in [2.05, 4.69) is 9.97 Å². The average Bonchev–Trinajstić information content (AvgIpc) is 2.85. The summed E-state index contributed by atoms with van der Waals surface area (Å²) in [6.07, 6.45) is 4.18. The molecule has 0 saturated carbocycles. The minimum absolute atomic E-state index is 0.0840. The molecule has 11 heteroatoms. The minimum Gasteiger partial charge on any atom is -0.474 e. The molecule has 0 radical (unpaired) electrons. The van der Waals surface area contributed by atoms with Gasteiger partial charge in [-0.2, -0.15) is 0 Å². The number of likely N-dealkylation sites (tertiary alicyclic amines) is 1. The number of hydrogen-bond donors (Lipinski definition) is 0. The zero-order valence-electron chi connectivity index (χ0n) is 19.7. The molecule has 1 aliphatic rings. The Morgan fingerprint density at radius 2 is 1.72 bits per heavy atom. The zero-order valence-corrected chi connectivity index (χ0v) is 20.5. The first kappa shape index (κ1) is 25.6. The summed E-state index contributed by atoms with van der Waals surface area (Å²) < 4.78 is 62.6. The van der Waals surface area contributed by atoms with Crippen molar-refractivity contribution in [3.63, 3.8) is 0 Å². The van der Waals surface area contributed by atoms with E-state index in [1.807, 2.05) is 4.90 Å². The second kappa shape index (κ2) is 10.7. The molecule has 1 fully saturated rings. The molecule has 0 bridgehead atoms. The lowest BCUT2D eigenvalue weighted by atomic mass is 10.0. The van der Waals surface area contributed by atoms with Crippen LogP contribution in [0.3, 0.4) is 0 Å². The van der Waals surface area contributed by atoms with E-state index in [9.17, 15) is 22.0 Å². The van der Waals surface area contributed by atoms with Crippen molar-refractivity contribution < 1.29 is 31.5 Å². The highest BCUT2D eigenvalue weighted by Crippen LogP contribution is 2.32. The van der Waals surface area contributed by atoms with Gasteiger partial charge in [-0.1, -0.05) is 12.1 Å². The summed E-state index contributed by atoms with van der Waals surface area (Å²) in [6, 6.07) is 8.82. The van der Waals surface area contributed by atoms with Gasteiger partial charge in [0.2, 0.25) is 11.8 Å². The Labute approximate surface area is 207 Å². The molecule has 4 rings (SSSR count). The number of rotatable bonds is 8. The lowest BCUT2D eigenvalue weighted by Crippen LogP contribution is -2.41. The largest absolute Gasteiger partial charge is 0.474 e. The first-order chi connectivity index (χ1) is 17.2. The Morgan fingerprint density at radius 1 is 1.06 bits per heavy atom. The number of benzene rings is 2. The fourth-order valence-corrected chi connectivity index (χ4v) is 4.64. The van der Waals surface area contributed by atoms with E-state index in [0.29, 0.717) is 31.5 Å². The fraction of sp³-hybridized carbons (Fsp3) is 0.320. The van der Waals surface area contributed by atoms with E-state index in [-0.39, 0.29) is 34.3 Å². The first-order valence-electron chi connectivity index (χ1n) is 11.3. The number of halogens is 2. The molecular weight excluding hydrogens is 492 g/mol. The summed E-state index contributed by atoms with van der Waals surface area (Å²) in [6.45, 7) is 2.87. The fourth-order valence-electron chi connectivity index (χ4n) is 4.00. The van der Waals surface area contributed by atoms with Crippen LogP contribution >= 0.6 is 0 Å². The molecular formula is C25H25F2N3O5S. The highest BCUT2D eigenvalue weighted by Gasteiger charge is 2.28. The van der Waals surface area contributed by atoms with Crippen LogP contribution in [-0.4, -0.2) is 55.0 Å². The first-order valence-corrected chi connectivity index (χ1v) is 13.2. The van der Waals surface area contributed by atoms with Crippen LogP contribution < -0.4 is 9.47 Å². The van der Waals surface area contributed by atoms with Crippen molar-refractivity contribution in [3.05, 3.63) is 71.6 Å². The standard InChI is InChI=1S/C25H25F2N3O5S/c1-16-24(28-15-29-25(16)35-23-8-7-20(13-21(23)27)36(2,32)33)34-19-9-11-30(12-10-19)22(14-31)17-3-5-18(26)6-4-17/h3-8,13-15,19,22H,9-12H2,1-2H3. The van der Waals surface area contributed by atoms with Gasteiger partial charge in [0, 0.05) is 19.3 Å². The Hall–Kier alpha value is -3.44. The van der Waals surface area contributed by atoms with Crippen molar-refractivity contribution in [1.82, 2.24) is 14.9 Å². The van der Waals surface area contributed by atoms with Gasteiger partial charge >= 0.3 is 0 Å². The van der Waals surface area contributed by atoms with E-state index < -0.39 is 21.7 Å². The van der Waals surface area contributed by atoms with Crippen LogP contribution in [-0.2, 0) is 14.6 Å². The number of nitrogens with zero attached hydrogens (tertiary/aromatic N) is 3. The Kier molecular flexibility index (Phi) is 7.60. The molecule has 190 valence electrons. The summed E-state index contributed by atoms with van der Waals surface area (Å²) in [7, 11) is -3.55. The normalized spacial score (nSPS) is 15.9. The van der Waals surface area contributed by atoms with Crippen LogP contribution in [0.15, 0.2) is 53.7 Å². The number of ether oxygens (including phenoxy) is 2. The summed E-state index contributed by atoms with van der Waals surface area (Å²) in [5.41, 5.74) is 1.19. The molecule has 8 nitrogen and oxygen atoms in total. The molecule has 0 aliphatic carbocycles. The van der Waals surface area contributed by atoms with Gasteiger partial charge in [-0.25, -0.2) is 27.2 Å². The van der Waals surface area contributed by atoms with Crippen molar-refractivity contribution in [1.29, 1.82) is 0 Å². The predicted octanol–water partition coefficient (Wildman–Crippen LogP) is 4.04. The van der Waals surface area contributed by atoms with Gasteiger partial charge in [0.25, 0.3) is 0 Å². The number of hydrogen-bond acceptors (Lipinski definition) is 8. The van der Waals surface area contributed by atoms with E-state index in [0.717, 1.165) is 24.2 Å². The summed E-state index contributed by atoms with van der Waals surface area (Å²) >= 11 is 0. The molecule has 2 aromatic carbocycles. The van der Waals surface area contributed by atoms with Gasteiger partial charge in [0.1, 0.15) is 24.5 Å². The van der Waals surface area contributed by atoms with Crippen molar-refractivity contribution >= 4 is 16.1 Å². The summed E-state index contributed by atoms with van der Waals surface area (Å²) in [5.74, 6) is -0.994. The van der Waals surface area contributed by atoms with Gasteiger partial charge in [0.15, 0.2) is 21.4 Å². The van der Waals surface area contributed by atoms with Gasteiger partial charge < -0.3 is 14.3 Å². The van der Waals surface area contributed by atoms with Crippen LogP contribution in [0.5, 0.6) is 17.5 Å². The molecule has 1 aromatic heterocycles. The Bertz CT molecular complexity index is 1340. The van der Waals surface area contributed by atoms with Crippen molar-refractivity contribution in [2.24, 2.45) is 0 Å². The van der Waals surface area contributed by atoms with Gasteiger partial charge in [-0.15, -0.1) is 0 Å². The third-order valence-corrected chi connectivity index (χ3v) is 7.13. The lowest BCUT2D eigenvalue weighted by molar-refractivity contribution is -0.113. The molecule has 2 heterocycles. The second-order valence-corrected chi connectivity index (χ2v) is 10.6. The summed E-state index contributed by atoms with van der Waals surface area (Å²) in [4.78, 5) is 21.8. The zero-order chi connectivity index (χ0) is 25.9. The van der Waals surface area contributed by atoms with E-state index in [1.54, 1.807) is 19.1 Å². The number of carbonyl (C=O) groups is 1. The molecule has 0 spiro atoms. The Morgan fingerprint density at radius 3 is 2.33 bits per heavy atom. The van der Waals surface area contributed by atoms with Crippen LogP contribution in [0.25, 0.3) is 0 Å². The molecule has 0 amide bonds. The third-order valence-electron chi connectivity index (χ3n) is 6.02. The molecule has 1 aliphatic heterocycles. The average molecular weight is 518 g/mol. The highest BCUT2D eigenvalue weighted by atomic mass is 32.2. The van der Waals surface area contributed by atoms with Gasteiger partial charge in [0.05, 0.1) is 16.5 Å². The van der Waals surface area contributed by atoms with Crippen molar-refractivity contribution in [2.75, 3.05) is 19.3 Å². The van der Waals surface area contributed by atoms with Gasteiger partial charge in [-0.05, 0) is 55.7 Å². The number of aromatic nitrogens is 2. The highest BCUT2D eigenvalue weighted by molar-refractivity contribution is 7.90. The topological polar surface area (TPSA) is 98.7 Å². The third kappa shape index (κ3) is 5.85. The molecule has 0 N–H and O–H groups in total. The molecule has 1 unspecified atom stereocenters. The maximum absolute atomic E-state index is 14.4. The number of aldehydes is 1.